The maximum absolute atomic E-state index is 13.6. The molecule has 1 heterocycles. The number of thioether (sulfide) groups is 1. The van der Waals surface area contributed by atoms with Crippen molar-refractivity contribution in [2.45, 2.75) is 30.6 Å². The van der Waals surface area contributed by atoms with Crippen LogP contribution in [0.1, 0.15) is 44.8 Å². The molecule has 2 N–H and O–H groups in total. The van der Waals surface area contributed by atoms with Crippen molar-refractivity contribution in [1.29, 1.82) is 0 Å². The van der Waals surface area contributed by atoms with Crippen molar-refractivity contribution < 1.29 is 14.4 Å². The minimum absolute atomic E-state index is 0.0717. The molecule has 1 aromatic heterocycles. The number of benzene rings is 5. The highest BCUT2D eigenvalue weighted by atomic mass is 32.2. The molecule has 0 spiro atoms. The van der Waals surface area contributed by atoms with E-state index in [1.807, 2.05) is 108 Å². The molecule has 5 aromatic carbocycles. The van der Waals surface area contributed by atoms with Gasteiger partial charge in [-0.1, -0.05) is 91.0 Å². The molecule has 6 aromatic rings. The number of hydrogen-bond acceptors (Lipinski definition) is 4. The topological polar surface area (TPSA) is 80.2 Å². The monoisotopic (exact) mass is 661 g/mol. The number of nitrogens with zero attached hydrogens (tertiary/aromatic N) is 1. The standard InChI is InChI=1S/C42H35N3O3S/c46-40(45-38-17-9-7-15-35(38)36-16-8-10-18-39(36)45)28-49-34-25-23-33(24-26-34)43-42(48)37(44-41(47)32-13-5-2-6-14-32)27-29-19-21-31(22-20-29)30-11-3-1-4-12-30/h1-7,9,11-15,17,19-27H,8,10,16,18,28H2,(H,43,48)(H,44,47)/b37-27-. The Kier molecular flexibility index (Phi) is 9.53. The molecule has 242 valence electrons. The van der Waals surface area contributed by atoms with Crippen molar-refractivity contribution in [1.82, 2.24) is 9.88 Å². The Morgan fingerprint density at radius 3 is 2.10 bits per heavy atom. The van der Waals surface area contributed by atoms with Crippen molar-refractivity contribution in [2.24, 2.45) is 0 Å². The van der Waals surface area contributed by atoms with Crippen molar-refractivity contribution in [3.8, 4) is 11.1 Å². The highest BCUT2D eigenvalue weighted by molar-refractivity contribution is 8.00. The van der Waals surface area contributed by atoms with E-state index in [4.69, 9.17) is 0 Å². The second kappa shape index (κ2) is 14.6. The smallest absolute Gasteiger partial charge is 0.272 e. The summed E-state index contributed by atoms with van der Waals surface area (Å²) in [4.78, 5) is 41.1. The van der Waals surface area contributed by atoms with Gasteiger partial charge in [-0.2, -0.15) is 0 Å². The van der Waals surface area contributed by atoms with E-state index in [0.717, 1.165) is 58.5 Å². The fraction of sp³-hybridized carbons (Fsp3) is 0.119. The predicted octanol–water partition coefficient (Wildman–Crippen LogP) is 9.03. The Balaban J connectivity index is 1.05. The summed E-state index contributed by atoms with van der Waals surface area (Å²) < 4.78 is 1.93. The number of aromatic nitrogens is 1. The maximum atomic E-state index is 13.6. The number of hydrogen-bond donors (Lipinski definition) is 2. The Bertz CT molecular complexity index is 2150. The van der Waals surface area contributed by atoms with Gasteiger partial charge < -0.3 is 10.6 Å². The van der Waals surface area contributed by atoms with Crippen molar-refractivity contribution >= 4 is 52.1 Å². The molecule has 0 saturated carbocycles. The number of carbonyl (C=O) groups is 3. The molecule has 49 heavy (non-hydrogen) atoms. The highest BCUT2D eigenvalue weighted by Crippen LogP contribution is 2.33. The summed E-state index contributed by atoms with van der Waals surface area (Å²) >= 11 is 1.48. The average molecular weight is 662 g/mol. The molecule has 1 aliphatic carbocycles. The Morgan fingerprint density at radius 2 is 1.35 bits per heavy atom. The fourth-order valence-electron chi connectivity index (χ4n) is 6.33. The number of anilines is 1. The van der Waals surface area contributed by atoms with E-state index >= 15 is 0 Å². The number of fused-ring (bicyclic) bond motifs is 3. The largest absolute Gasteiger partial charge is 0.321 e. The van der Waals surface area contributed by atoms with Crippen LogP contribution >= 0.6 is 11.8 Å². The van der Waals surface area contributed by atoms with Gasteiger partial charge in [-0.3, -0.25) is 19.0 Å². The lowest BCUT2D eigenvalue weighted by Crippen LogP contribution is -2.30. The summed E-state index contributed by atoms with van der Waals surface area (Å²) in [7, 11) is 0. The minimum atomic E-state index is -0.448. The van der Waals surface area contributed by atoms with Gasteiger partial charge in [0.1, 0.15) is 5.70 Å². The van der Waals surface area contributed by atoms with Crippen LogP contribution in [-0.4, -0.2) is 28.0 Å². The normalized spacial score (nSPS) is 12.7. The molecule has 0 unspecified atom stereocenters. The zero-order chi connectivity index (χ0) is 33.6. The van der Waals surface area contributed by atoms with Gasteiger partial charge in [0.15, 0.2) is 0 Å². The Hall–Kier alpha value is -5.66. The van der Waals surface area contributed by atoms with Crippen LogP contribution < -0.4 is 10.6 Å². The van der Waals surface area contributed by atoms with E-state index < -0.39 is 5.91 Å². The van der Waals surface area contributed by atoms with Gasteiger partial charge >= 0.3 is 0 Å². The molecular weight excluding hydrogens is 627 g/mol. The number of rotatable bonds is 9. The summed E-state index contributed by atoms with van der Waals surface area (Å²) in [5, 5.41) is 6.92. The zero-order valence-corrected chi connectivity index (χ0v) is 27.7. The summed E-state index contributed by atoms with van der Waals surface area (Å²) in [6.45, 7) is 0. The second-order valence-electron chi connectivity index (χ2n) is 12.0. The molecule has 2 amide bonds. The quantitative estimate of drug-likeness (QED) is 0.120. The molecule has 7 heteroatoms. The van der Waals surface area contributed by atoms with Gasteiger partial charge in [0.05, 0.1) is 11.3 Å². The number of nitrogens with one attached hydrogen (secondary N) is 2. The van der Waals surface area contributed by atoms with E-state index in [9.17, 15) is 14.4 Å². The van der Waals surface area contributed by atoms with E-state index in [2.05, 4.69) is 16.7 Å². The lowest BCUT2D eigenvalue weighted by Gasteiger charge is -2.15. The lowest BCUT2D eigenvalue weighted by molar-refractivity contribution is -0.113. The van der Waals surface area contributed by atoms with Gasteiger partial charge in [0.2, 0.25) is 5.91 Å². The number of aryl methyl sites for hydroxylation is 1. The van der Waals surface area contributed by atoms with Crippen LogP contribution in [0.25, 0.3) is 28.1 Å². The van der Waals surface area contributed by atoms with Crippen LogP contribution in [-0.2, 0) is 17.6 Å². The first-order valence-corrected chi connectivity index (χ1v) is 17.4. The Labute approximate surface area is 289 Å². The lowest BCUT2D eigenvalue weighted by atomic mass is 9.96. The van der Waals surface area contributed by atoms with E-state index in [1.165, 1.54) is 22.7 Å². The summed E-state index contributed by atoms with van der Waals surface area (Å²) in [6, 6.07) is 42.3. The average Bonchev–Trinajstić information content (AvgIpc) is 3.49. The van der Waals surface area contributed by atoms with Crippen LogP contribution in [0.5, 0.6) is 0 Å². The first-order chi connectivity index (χ1) is 24.0. The summed E-state index contributed by atoms with van der Waals surface area (Å²) in [5.41, 5.74) is 7.53. The number of para-hydroxylation sites is 1. The minimum Gasteiger partial charge on any atom is -0.321 e. The van der Waals surface area contributed by atoms with Gasteiger partial charge in [-0.25, -0.2) is 0 Å². The van der Waals surface area contributed by atoms with Crippen molar-refractivity contribution in [2.75, 3.05) is 11.1 Å². The first-order valence-electron chi connectivity index (χ1n) is 16.5. The molecule has 0 bridgehead atoms. The van der Waals surface area contributed by atoms with Crippen LogP contribution in [0.15, 0.2) is 144 Å². The first kappa shape index (κ1) is 31.9. The SMILES string of the molecule is O=C(Nc1ccc(SCC(=O)n2c3c(c4ccccc42)CCCC3)cc1)/C(=C/c1ccc(-c2ccccc2)cc1)NC(=O)c1ccccc1. The van der Waals surface area contributed by atoms with Gasteiger partial charge in [0.25, 0.3) is 11.8 Å². The summed E-state index contributed by atoms with van der Waals surface area (Å²) in [5.74, 6) is -0.451. The molecule has 6 nitrogen and oxygen atoms in total. The van der Waals surface area contributed by atoms with Crippen LogP contribution in [0.3, 0.4) is 0 Å². The van der Waals surface area contributed by atoms with Crippen LogP contribution in [0.2, 0.25) is 0 Å². The molecule has 0 saturated heterocycles. The van der Waals surface area contributed by atoms with Crippen LogP contribution in [0, 0.1) is 0 Å². The third-order valence-corrected chi connectivity index (χ3v) is 9.76. The maximum Gasteiger partial charge on any atom is 0.272 e. The van der Waals surface area contributed by atoms with E-state index in [-0.39, 0.29) is 17.5 Å². The molecule has 7 rings (SSSR count). The molecule has 0 fully saturated rings. The second-order valence-corrected chi connectivity index (χ2v) is 13.1. The molecular formula is C42H35N3O3S. The van der Waals surface area contributed by atoms with Gasteiger partial charge in [-0.15, -0.1) is 11.8 Å². The zero-order valence-electron chi connectivity index (χ0n) is 26.9. The molecule has 0 aliphatic heterocycles. The predicted molar refractivity (Wildman–Crippen MR) is 199 cm³/mol. The van der Waals surface area contributed by atoms with Crippen molar-refractivity contribution in [3.63, 3.8) is 0 Å². The van der Waals surface area contributed by atoms with Gasteiger partial charge in [-0.05, 0) is 96.5 Å². The molecule has 0 atom stereocenters. The molecule has 0 radical (unpaired) electrons. The van der Waals surface area contributed by atoms with Crippen LogP contribution in [0.4, 0.5) is 5.69 Å². The van der Waals surface area contributed by atoms with Gasteiger partial charge in [0, 0.05) is 27.2 Å². The number of carbonyl (C=O) groups excluding carboxylic acids is 3. The van der Waals surface area contributed by atoms with E-state index in [0.29, 0.717) is 17.0 Å². The third-order valence-electron chi connectivity index (χ3n) is 8.76. The highest BCUT2D eigenvalue weighted by Gasteiger charge is 2.23. The van der Waals surface area contributed by atoms with Crippen molar-refractivity contribution in [3.05, 3.63) is 162 Å². The van der Waals surface area contributed by atoms with E-state index in [1.54, 1.807) is 30.3 Å². The number of amides is 2. The summed E-state index contributed by atoms with van der Waals surface area (Å²) in [6.07, 6.45) is 5.88. The third kappa shape index (κ3) is 7.27. The molecule has 1 aliphatic rings. The Morgan fingerprint density at radius 1 is 0.694 bits per heavy atom. The fourth-order valence-corrected chi connectivity index (χ4v) is 7.08.